The minimum atomic E-state index is -3.97. The van der Waals surface area contributed by atoms with Gasteiger partial charge in [-0.2, -0.15) is 0 Å². The van der Waals surface area contributed by atoms with Gasteiger partial charge in [-0.1, -0.05) is 30.5 Å². The van der Waals surface area contributed by atoms with Gasteiger partial charge in [-0.05, 0) is 74.2 Å². The Morgan fingerprint density at radius 3 is 2.27 bits per heavy atom. The van der Waals surface area contributed by atoms with Crippen molar-refractivity contribution < 1.29 is 22.7 Å². The standard InChI is InChI=1S/C22H24ClNO5S/c1-15-5-10-19(13-16(15)2)30(27,28)22(11-3-4-12-22)21(26)29-14-20(25)24-18-8-6-17(23)7-9-18/h5-10,13H,3-4,11-12,14H2,1-2H3,(H,24,25). The Labute approximate surface area is 181 Å². The Morgan fingerprint density at radius 1 is 1.03 bits per heavy atom. The first-order valence-corrected chi connectivity index (χ1v) is 11.6. The topological polar surface area (TPSA) is 89.5 Å². The van der Waals surface area contributed by atoms with Crippen LogP contribution in [0.2, 0.25) is 5.02 Å². The molecule has 1 amide bonds. The molecule has 160 valence electrons. The number of hydrogen-bond acceptors (Lipinski definition) is 5. The monoisotopic (exact) mass is 449 g/mol. The van der Waals surface area contributed by atoms with E-state index in [-0.39, 0.29) is 17.7 Å². The molecule has 0 aliphatic heterocycles. The first kappa shape index (κ1) is 22.3. The molecule has 0 radical (unpaired) electrons. The molecule has 2 aromatic carbocycles. The Hall–Kier alpha value is -2.38. The molecule has 30 heavy (non-hydrogen) atoms. The van der Waals surface area contributed by atoms with Crippen molar-refractivity contribution in [3.8, 4) is 0 Å². The van der Waals surface area contributed by atoms with Crippen LogP contribution in [0, 0.1) is 13.8 Å². The molecule has 0 aromatic heterocycles. The summed E-state index contributed by atoms with van der Waals surface area (Å²) in [6.07, 6.45) is 1.58. The minimum Gasteiger partial charge on any atom is -0.454 e. The van der Waals surface area contributed by atoms with Crippen molar-refractivity contribution in [2.75, 3.05) is 11.9 Å². The zero-order chi connectivity index (χ0) is 21.9. The lowest BCUT2D eigenvalue weighted by Gasteiger charge is -2.26. The third kappa shape index (κ3) is 4.37. The molecule has 8 heteroatoms. The summed E-state index contributed by atoms with van der Waals surface area (Å²) in [6, 6.07) is 11.3. The molecule has 0 unspecified atom stereocenters. The van der Waals surface area contributed by atoms with E-state index in [0.717, 1.165) is 11.1 Å². The predicted molar refractivity (Wildman–Crippen MR) is 115 cm³/mol. The molecule has 0 spiro atoms. The molecule has 1 aliphatic carbocycles. The van der Waals surface area contributed by atoms with Crippen molar-refractivity contribution in [2.45, 2.75) is 49.2 Å². The number of amides is 1. The van der Waals surface area contributed by atoms with Crippen molar-refractivity contribution in [1.82, 2.24) is 0 Å². The van der Waals surface area contributed by atoms with Crippen LogP contribution in [0.5, 0.6) is 0 Å². The number of aryl methyl sites for hydroxylation is 2. The number of rotatable bonds is 6. The minimum absolute atomic E-state index is 0.107. The highest BCUT2D eigenvalue weighted by molar-refractivity contribution is 7.93. The van der Waals surface area contributed by atoms with Gasteiger partial charge in [-0.3, -0.25) is 9.59 Å². The molecule has 2 aromatic rings. The Bertz CT molecular complexity index is 1060. The van der Waals surface area contributed by atoms with Gasteiger partial charge in [-0.25, -0.2) is 8.42 Å². The van der Waals surface area contributed by atoms with E-state index in [9.17, 15) is 18.0 Å². The van der Waals surface area contributed by atoms with Crippen molar-refractivity contribution >= 4 is 39.0 Å². The number of nitrogens with one attached hydrogen (secondary N) is 1. The Kier molecular flexibility index (Phi) is 6.53. The fourth-order valence-corrected chi connectivity index (χ4v) is 5.89. The molecule has 0 heterocycles. The van der Waals surface area contributed by atoms with Crippen LogP contribution >= 0.6 is 11.6 Å². The molecule has 1 N–H and O–H groups in total. The lowest BCUT2D eigenvalue weighted by molar-refractivity contribution is -0.149. The maximum absolute atomic E-state index is 13.4. The fraction of sp³-hybridized carbons (Fsp3) is 0.364. The van der Waals surface area contributed by atoms with E-state index >= 15 is 0 Å². The van der Waals surface area contributed by atoms with Gasteiger partial charge >= 0.3 is 5.97 Å². The first-order valence-electron chi connectivity index (χ1n) is 9.70. The van der Waals surface area contributed by atoms with Crippen molar-refractivity contribution in [1.29, 1.82) is 0 Å². The summed E-state index contributed by atoms with van der Waals surface area (Å²) in [5.74, 6) is -1.42. The van der Waals surface area contributed by atoms with Crippen LogP contribution in [0.4, 0.5) is 5.69 Å². The van der Waals surface area contributed by atoms with Gasteiger partial charge in [0.05, 0.1) is 4.90 Å². The second kappa shape index (κ2) is 8.78. The maximum Gasteiger partial charge on any atom is 0.328 e. The largest absolute Gasteiger partial charge is 0.454 e. The smallest absolute Gasteiger partial charge is 0.328 e. The van der Waals surface area contributed by atoms with Gasteiger partial charge < -0.3 is 10.1 Å². The zero-order valence-electron chi connectivity index (χ0n) is 16.9. The highest BCUT2D eigenvalue weighted by Crippen LogP contribution is 2.41. The number of carbonyl (C=O) groups is 2. The lowest BCUT2D eigenvalue weighted by Crippen LogP contribution is -2.46. The summed E-state index contributed by atoms with van der Waals surface area (Å²) in [4.78, 5) is 25.2. The van der Waals surface area contributed by atoms with Gasteiger partial charge in [-0.15, -0.1) is 0 Å². The number of sulfone groups is 1. The van der Waals surface area contributed by atoms with E-state index in [0.29, 0.717) is 23.6 Å². The summed E-state index contributed by atoms with van der Waals surface area (Å²) >= 11 is 5.81. The van der Waals surface area contributed by atoms with Crippen molar-refractivity contribution in [3.05, 3.63) is 58.6 Å². The summed E-state index contributed by atoms with van der Waals surface area (Å²) in [7, 11) is -3.97. The maximum atomic E-state index is 13.4. The summed E-state index contributed by atoms with van der Waals surface area (Å²) < 4.78 is 30.4. The molecular formula is C22H24ClNO5S. The van der Waals surface area contributed by atoms with Crippen LogP contribution in [-0.4, -0.2) is 31.6 Å². The third-order valence-electron chi connectivity index (χ3n) is 5.55. The highest BCUT2D eigenvalue weighted by atomic mass is 35.5. The van der Waals surface area contributed by atoms with Crippen molar-refractivity contribution in [3.63, 3.8) is 0 Å². The molecule has 1 saturated carbocycles. The average Bonchev–Trinajstić information content (AvgIpc) is 3.22. The van der Waals surface area contributed by atoms with E-state index in [1.807, 2.05) is 13.8 Å². The number of benzene rings is 2. The quantitative estimate of drug-likeness (QED) is 0.666. The number of halogens is 1. The summed E-state index contributed by atoms with van der Waals surface area (Å²) in [5, 5.41) is 3.11. The molecule has 1 aliphatic rings. The van der Waals surface area contributed by atoms with E-state index in [1.54, 1.807) is 36.4 Å². The van der Waals surface area contributed by atoms with E-state index in [4.69, 9.17) is 16.3 Å². The van der Waals surface area contributed by atoms with Crippen LogP contribution < -0.4 is 5.32 Å². The lowest BCUT2D eigenvalue weighted by atomic mass is 10.1. The first-order chi connectivity index (χ1) is 14.2. The zero-order valence-corrected chi connectivity index (χ0v) is 18.5. The van der Waals surface area contributed by atoms with Crippen LogP contribution in [0.15, 0.2) is 47.4 Å². The normalized spacial score (nSPS) is 15.6. The number of hydrogen-bond donors (Lipinski definition) is 1. The van der Waals surface area contributed by atoms with Crippen molar-refractivity contribution in [2.24, 2.45) is 0 Å². The van der Waals surface area contributed by atoms with Crippen LogP contribution in [0.1, 0.15) is 36.8 Å². The predicted octanol–water partition coefficient (Wildman–Crippen LogP) is 4.23. The van der Waals surface area contributed by atoms with E-state index in [1.165, 1.54) is 6.07 Å². The van der Waals surface area contributed by atoms with Crippen LogP contribution in [0.25, 0.3) is 0 Å². The molecule has 6 nitrogen and oxygen atoms in total. The number of esters is 1. The number of carbonyl (C=O) groups excluding carboxylic acids is 2. The van der Waals surface area contributed by atoms with Gasteiger partial charge in [0.2, 0.25) is 0 Å². The number of anilines is 1. The Morgan fingerprint density at radius 2 is 1.67 bits per heavy atom. The second-order valence-corrected chi connectivity index (χ2v) is 10.3. The molecule has 0 saturated heterocycles. The molecule has 0 bridgehead atoms. The third-order valence-corrected chi connectivity index (χ3v) is 8.28. The highest BCUT2D eigenvalue weighted by Gasteiger charge is 2.54. The molecule has 1 fully saturated rings. The van der Waals surface area contributed by atoms with Gasteiger partial charge in [0.1, 0.15) is 0 Å². The summed E-state index contributed by atoms with van der Waals surface area (Å²) in [5.41, 5.74) is 2.30. The van der Waals surface area contributed by atoms with Gasteiger partial charge in [0.25, 0.3) is 5.91 Å². The van der Waals surface area contributed by atoms with Gasteiger partial charge in [0, 0.05) is 10.7 Å². The number of ether oxygens (including phenoxy) is 1. The van der Waals surface area contributed by atoms with Gasteiger partial charge in [0.15, 0.2) is 21.2 Å². The summed E-state index contributed by atoms with van der Waals surface area (Å²) in [6.45, 7) is 3.16. The Balaban J connectivity index is 1.76. The van der Waals surface area contributed by atoms with E-state index < -0.39 is 33.1 Å². The second-order valence-electron chi connectivity index (χ2n) is 7.58. The SMILES string of the molecule is Cc1ccc(S(=O)(=O)C2(C(=O)OCC(=O)Nc3ccc(Cl)cc3)CCCC2)cc1C. The fourth-order valence-electron chi connectivity index (χ4n) is 3.63. The molecule has 3 rings (SSSR count). The van der Waals surface area contributed by atoms with Crippen LogP contribution in [0.3, 0.4) is 0 Å². The van der Waals surface area contributed by atoms with Crippen LogP contribution in [-0.2, 0) is 24.2 Å². The van der Waals surface area contributed by atoms with E-state index in [2.05, 4.69) is 5.32 Å². The molecule has 0 atom stereocenters. The average molecular weight is 450 g/mol. The molecular weight excluding hydrogens is 426 g/mol.